The lowest BCUT2D eigenvalue weighted by Crippen LogP contribution is -2.36. The number of alkyl carbamates (subject to hydrolysis) is 1. The van der Waals surface area contributed by atoms with E-state index in [1.54, 1.807) is 0 Å². The van der Waals surface area contributed by atoms with Gasteiger partial charge in [-0.15, -0.1) is 0 Å². The zero-order valence-electron chi connectivity index (χ0n) is 15.5. The number of hydrogen-bond donors (Lipinski definition) is 1. The van der Waals surface area contributed by atoms with Crippen molar-refractivity contribution in [3.63, 3.8) is 0 Å². The van der Waals surface area contributed by atoms with E-state index >= 15 is 0 Å². The van der Waals surface area contributed by atoms with Gasteiger partial charge in [0.15, 0.2) is 0 Å². The molecule has 0 aromatic heterocycles. The summed E-state index contributed by atoms with van der Waals surface area (Å²) in [5, 5.41) is 2.77. The first-order valence-electron chi connectivity index (χ1n) is 9.35. The number of carbonyl (C=O) groups is 1. The lowest BCUT2D eigenvalue weighted by molar-refractivity contribution is 0.122. The zero-order chi connectivity index (χ0) is 18.7. The lowest BCUT2D eigenvalue weighted by Gasteiger charge is -2.29. The molecule has 3 rings (SSSR count). The summed E-state index contributed by atoms with van der Waals surface area (Å²) in [7, 11) is 0. The number of nitrogens with one attached hydrogen (secondary N) is 1. The van der Waals surface area contributed by atoms with Crippen LogP contribution in [0.1, 0.15) is 17.5 Å². The second-order valence-corrected chi connectivity index (χ2v) is 6.37. The second-order valence-electron chi connectivity index (χ2n) is 6.37. The number of hydrogen-bond acceptors (Lipinski definition) is 4. The number of ether oxygens (including phenoxy) is 2. The molecule has 0 atom stereocenters. The second kappa shape index (κ2) is 10.4. The number of anilines is 1. The van der Waals surface area contributed by atoms with Crippen LogP contribution in [-0.4, -0.2) is 38.9 Å². The quantitative estimate of drug-likeness (QED) is 0.756. The maximum absolute atomic E-state index is 11.7. The summed E-state index contributed by atoms with van der Waals surface area (Å²) in [6.07, 6.45) is 4.51. The fourth-order valence-corrected chi connectivity index (χ4v) is 2.90. The van der Waals surface area contributed by atoms with Crippen molar-refractivity contribution in [2.75, 3.05) is 37.7 Å². The first kappa shape index (κ1) is 19.0. The van der Waals surface area contributed by atoms with E-state index in [0.717, 1.165) is 43.9 Å². The fraction of sp³-hybridized carbons (Fsp3) is 0.318. The van der Waals surface area contributed by atoms with Crippen LogP contribution in [0.25, 0.3) is 6.08 Å². The molecule has 1 fully saturated rings. The number of carbonyl (C=O) groups excluding carboxylic acids is 1. The molecule has 1 heterocycles. The van der Waals surface area contributed by atoms with Gasteiger partial charge in [0, 0.05) is 25.3 Å². The molecule has 5 nitrogen and oxygen atoms in total. The molecule has 2 aromatic carbocycles. The molecule has 0 spiro atoms. The Hall–Kier alpha value is -2.79. The van der Waals surface area contributed by atoms with Crippen LogP contribution >= 0.6 is 0 Å². The number of morpholine rings is 1. The van der Waals surface area contributed by atoms with Gasteiger partial charge in [0.1, 0.15) is 6.61 Å². The van der Waals surface area contributed by atoms with Crippen LogP contribution in [-0.2, 0) is 16.1 Å². The average Bonchev–Trinajstić information content (AvgIpc) is 2.74. The third kappa shape index (κ3) is 6.46. The predicted octanol–water partition coefficient (Wildman–Crippen LogP) is 3.85. The molecule has 142 valence electrons. The Bertz CT molecular complexity index is 740. The normalized spacial score (nSPS) is 14.3. The highest BCUT2D eigenvalue weighted by atomic mass is 16.5. The standard InChI is InChI=1S/C22H26N2O3/c25-22(27-18-20-8-2-1-3-9-20)23-12-5-4-7-19-10-6-11-21(17-19)24-13-15-26-16-14-24/h1-4,6-11,17H,5,12-16,18H2,(H,23,25). The number of amides is 1. The summed E-state index contributed by atoms with van der Waals surface area (Å²) in [4.78, 5) is 14.0. The van der Waals surface area contributed by atoms with Gasteiger partial charge in [-0.25, -0.2) is 4.79 Å². The Morgan fingerprint density at radius 3 is 2.74 bits per heavy atom. The van der Waals surface area contributed by atoms with Crippen LogP contribution in [0.2, 0.25) is 0 Å². The number of nitrogens with zero attached hydrogens (tertiary/aromatic N) is 1. The Morgan fingerprint density at radius 1 is 1.11 bits per heavy atom. The van der Waals surface area contributed by atoms with Gasteiger partial charge in [-0.3, -0.25) is 0 Å². The molecule has 1 saturated heterocycles. The molecule has 1 amide bonds. The predicted molar refractivity (Wildman–Crippen MR) is 108 cm³/mol. The van der Waals surface area contributed by atoms with E-state index in [-0.39, 0.29) is 12.7 Å². The van der Waals surface area contributed by atoms with Gasteiger partial charge in [-0.05, 0) is 29.7 Å². The van der Waals surface area contributed by atoms with Crippen LogP contribution in [0, 0.1) is 0 Å². The SMILES string of the molecule is O=C(NCCC=Cc1cccc(N2CCOCC2)c1)OCc1ccccc1. The molecule has 27 heavy (non-hydrogen) atoms. The van der Waals surface area contributed by atoms with E-state index in [1.807, 2.05) is 30.3 Å². The van der Waals surface area contributed by atoms with Crippen molar-refractivity contribution < 1.29 is 14.3 Å². The third-order valence-corrected chi connectivity index (χ3v) is 4.35. The summed E-state index contributed by atoms with van der Waals surface area (Å²) < 4.78 is 10.6. The van der Waals surface area contributed by atoms with Crippen LogP contribution in [0.5, 0.6) is 0 Å². The third-order valence-electron chi connectivity index (χ3n) is 4.35. The molecular formula is C22H26N2O3. The van der Waals surface area contributed by atoms with Crippen molar-refractivity contribution in [3.8, 4) is 0 Å². The van der Waals surface area contributed by atoms with Gasteiger partial charge in [-0.1, -0.05) is 54.6 Å². The minimum Gasteiger partial charge on any atom is -0.445 e. The Morgan fingerprint density at radius 2 is 1.93 bits per heavy atom. The first-order valence-corrected chi connectivity index (χ1v) is 9.35. The van der Waals surface area contributed by atoms with Gasteiger partial charge in [0.2, 0.25) is 0 Å². The summed E-state index contributed by atoms with van der Waals surface area (Å²) >= 11 is 0. The van der Waals surface area contributed by atoms with Gasteiger partial charge < -0.3 is 19.7 Å². The molecule has 0 aliphatic carbocycles. The zero-order valence-corrected chi connectivity index (χ0v) is 15.5. The molecular weight excluding hydrogens is 340 g/mol. The lowest BCUT2D eigenvalue weighted by atomic mass is 10.1. The minimum atomic E-state index is -0.387. The molecule has 5 heteroatoms. The Kier molecular flexibility index (Phi) is 7.30. The van der Waals surface area contributed by atoms with Gasteiger partial charge in [0.05, 0.1) is 13.2 Å². The van der Waals surface area contributed by atoms with Crippen molar-refractivity contribution in [2.24, 2.45) is 0 Å². The molecule has 1 aliphatic rings. The molecule has 1 aliphatic heterocycles. The highest BCUT2D eigenvalue weighted by Crippen LogP contribution is 2.18. The Balaban J connectivity index is 1.37. The van der Waals surface area contributed by atoms with Crippen LogP contribution in [0.15, 0.2) is 60.7 Å². The van der Waals surface area contributed by atoms with E-state index in [0.29, 0.717) is 6.54 Å². The van der Waals surface area contributed by atoms with Gasteiger partial charge >= 0.3 is 6.09 Å². The fourth-order valence-electron chi connectivity index (χ4n) is 2.90. The minimum absolute atomic E-state index is 0.289. The van der Waals surface area contributed by atoms with Crippen molar-refractivity contribution in [3.05, 3.63) is 71.8 Å². The van der Waals surface area contributed by atoms with Crippen LogP contribution < -0.4 is 10.2 Å². The maximum atomic E-state index is 11.7. The molecule has 2 aromatic rings. The van der Waals surface area contributed by atoms with E-state index in [4.69, 9.17) is 9.47 Å². The molecule has 0 saturated carbocycles. The van der Waals surface area contributed by atoms with Crippen molar-refractivity contribution in [1.82, 2.24) is 5.32 Å². The van der Waals surface area contributed by atoms with E-state index in [2.05, 4.69) is 46.6 Å². The summed E-state index contributed by atoms with van der Waals surface area (Å²) in [6, 6.07) is 18.1. The van der Waals surface area contributed by atoms with E-state index < -0.39 is 0 Å². The number of rotatable bonds is 7. The summed E-state index contributed by atoms with van der Waals surface area (Å²) in [5.41, 5.74) is 3.36. The van der Waals surface area contributed by atoms with Crippen molar-refractivity contribution >= 4 is 17.9 Å². The first-order chi connectivity index (χ1) is 13.3. The monoisotopic (exact) mass is 366 g/mol. The molecule has 0 radical (unpaired) electrons. The van der Waals surface area contributed by atoms with Crippen molar-refractivity contribution in [2.45, 2.75) is 13.0 Å². The van der Waals surface area contributed by atoms with Crippen LogP contribution in [0.3, 0.4) is 0 Å². The number of benzene rings is 2. The van der Waals surface area contributed by atoms with E-state index in [9.17, 15) is 4.79 Å². The average molecular weight is 366 g/mol. The van der Waals surface area contributed by atoms with Crippen LogP contribution in [0.4, 0.5) is 10.5 Å². The summed E-state index contributed by atoms with van der Waals surface area (Å²) in [5.74, 6) is 0. The molecule has 0 bridgehead atoms. The Labute approximate surface area is 160 Å². The van der Waals surface area contributed by atoms with Gasteiger partial charge in [0.25, 0.3) is 0 Å². The smallest absolute Gasteiger partial charge is 0.407 e. The maximum Gasteiger partial charge on any atom is 0.407 e. The summed E-state index contributed by atoms with van der Waals surface area (Å²) in [6.45, 7) is 4.27. The van der Waals surface area contributed by atoms with E-state index in [1.165, 1.54) is 5.69 Å². The highest BCUT2D eigenvalue weighted by molar-refractivity contribution is 5.67. The largest absolute Gasteiger partial charge is 0.445 e. The molecule has 0 unspecified atom stereocenters. The van der Waals surface area contributed by atoms with Crippen molar-refractivity contribution in [1.29, 1.82) is 0 Å². The molecule has 1 N–H and O–H groups in total. The van der Waals surface area contributed by atoms with Gasteiger partial charge in [-0.2, -0.15) is 0 Å². The highest BCUT2D eigenvalue weighted by Gasteiger charge is 2.10. The topological polar surface area (TPSA) is 50.8 Å².